The molecule has 17 heavy (non-hydrogen) atoms. The van der Waals surface area contributed by atoms with E-state index in [1.807, 2.05) is 0 Å². The molecule has 1 saturated heterocycles. The van der Waals surface area contributed by atoms with Crippen molar-refractivity contribution in [1.29, 1.82) is 0 Å². The number of nitrogens with one attached hydrogen (secondary N) is 1. The largest absolute Gasteiger partial charge is 0.380 e. The van der Waals surface area contributed by atoms with Gasteiger partial charge in [0, 0.05) is 19.2 Å². The van der Waals surface area contributed by atoms with Crippen LogP contribution in [0.15, 0.2) is 0 Å². The maximum absolute atomic E-state index is 5.63. The molecule has 0 spiro atoms. The Morgan fingerprint density at radius 1 is 1.35 bits per heavy atom. The van der Waals surface area contributed by atoms with Crippen LogP contribution in [-0.4, -0.2) is 50.3 Å². The Kier molecular flexibility index (Phi) is 7.09. The van der Waals surface area contributed by atoms with Crippen molar-refractivity contribution in [2.75, 3.05) is 39.4 Å². The summed E-state index contributed by atoms with van der Waals surface area (Å²) in [6.45, 7) is 15.3. The highest BCUT2D eigenvalue weighted by Gasteiger charge is 2.29. The maximum Gasteiger partial charge on any atom is 0.0624 e. The monoisotopic (exact) mass is 242 g/mol. The molecule has 3 heteroatoms. The summed E-state index contributed by atoms with van der Waals surface area (Å²) < 4.78 is 5.63. The van der Waals surface area contributed by atoms with Crippen LogP contribution in [-0.2, 0) is 4.74 Å². The summed E-state index contributed by atoms with van der Waals surface area (Å²) in [5.41, 5.74) is 0. The van der Waals surface area contributed by atoms with E-state index in [0.29, 0.717) is 12.0 Å². The number of ether oxygens (including phenoxy) is 1. The van der Waals surface area contributed by atoms with Gasteiger partial charge in [0.15, 0.2) is 0 Å². The molecule has 3 nitrogen and oxygen atoms in total. The Morgan fingerprint density at radius 2 is 2.12 bits per heavy atom. The molecule has 0 aromatic carbocycles. The Hall–Kier alpha value is -0.120. The van der Waals surface area contributed by atoms with E-state index >= 15 is 0 Å². The van der Waals surface area contributed by atoms with Gasteiger partial charge in [-0.1, -0.05) is 20.8 Å². The second kappa shape index (κ2) is 8.06. The van der Waals surface area contributed by atoms with Gasteiger partial charge >= 0.3 is 0 Å². The van der Waals surface area contributed by atoms with Crippen LogP contribution >= 0.6 is 0 Å². The van der Waals surface area contributed by atoms with Crippen LogP contribution in [0.3, 0.4) is 0 Å². The van der Waals surface area contributed by atoms with E-state index in [-0.39, 0.29) is 0 Å². The van der Waals surface area contributed by atoms with Gasteiger partial charge in [0.05, 0.1) is 6.61 Å². The zero-order valence-electron chi connectivity index (χ0n) is 12.0. The number of hydrogen-bond acceptors (Lipinski definition) is 3. The van der Waals surface area contributed by atoms with Crippen molar-refractivity contribution >= 4 is 0 Å². The first-order chi connectivity index (χ1) is 8.19. The number of hydrogen-bond donors (Lipinski definition) is 1. The molecule has 102 valence electrons. The van der Waals surface area contributed by atoms with Crippen molar-refractivity contribution in [3.63, 3.8) is 0 Å². The molecule has 2 atom stereocenters. The third-order valence-corrected chi connectivity index (χ3v) is 3.73. The predicted molar refractivity (Wildman–Crippen MR) is 73.3 cm³/mol. The molecule has 1 aliphatic rings. The Bertz CT molecular complexity index is 197. The van der Waals surface area contributed by atoms with E-state index in [0.717, 1.165) is 25.7 Å². The topological polar surface area (TPSA) is 24.5 Å². The Labute approximate surface area is 107 Å². The maximum atomic E-state index is 5.63. The second-order valence-corrected chi connectivity index (χ2v) is 5.43. The first kappa shape index (κ1) is 14.9. The molecule has 0 bridgehead atoms. The lowest BCUT2D eigenvalue weighted by Crippen LogP contribution is -2.41. The smallest absolute Gasteiger partial charge is 0.0624 e. The van der Waals surface area contributed by atoms with E-state index in [4.69, 9.17) is 4.74 Å². The van der Waals surface area contributed by atoms with Crippen molar-refractivity contribution in [1.82, 2.24) is 10.2 Å². The summed E-state index contributed by atoms with van der Waals surface area (Å²) in [5.74, 6) is 1.51. The van der Waals surface area contributed by atoms with Gasteiger partial charge in [-0.05, 0) is 44.8 Å². The first-order valence-corrected chi connectivity index (χ1v) is 7.21. The average Bonchev–Trinajstić information content (AvgIpc) is 2.75. The molecule has 0 aromatic heterocycles. The highest BCUT2D eigenvalue weighted by molar-refractivity contribution is 4.84. The minimum atomic E-state index is 0.599. The van der Waals surface area contributed by atoms with E-state index in [1.165, 1.54) is 26.1 Å². The fourth-order valence-electron chi connectivity index (χ4n) is 2.64. The first-order valence-electron chi connectivity index (χ1n) is 7.21. The normalized spacial score (nSPS) is 23.5. The van der Waals surface area contributed by atoms with E-state index in [9.17, 15) is 0 Å². The highest BCUT2D eigenvalue weighted by Crippen LogP contribution is 2.22. The molecule has 1 rings (SSSR count). The summed E-state index contributed by atoms with van der Waals surface area (Å²) in [7, 11) is 0. The molecular formula is C14H30N2O. The molecule has 0 aliphatic carbocycles. The van der Waals surface area contributed by atoms with Crippen molar-refractivity contribution < 1.29 is 4.74 Å². The Balaban J connectivity index is 2.37. The minimum Gasteiger partial charge on any atom is -0.380 e. The number of nitrogens with zero attached hydrogens (tertiary/aromatic N) is 1. The molecular weight excluding hydrogens is 212 g/mol. The third-order valence-electron chi connectivity index (χ3n) is 3.73. The van der Waals surface area contributed by atoms with E-state index in [1.54, 1.807) is 0 Å². The summed E-state index contributed by atoms with van der Waals surface area (Å²) in [5, 5.41) is 3.46. The molecule has 2 unspecified atom stereocenters. The Morgan fingerprint density at radius 3 is 2.71 bits per heavy atom. The molecule has 1 N–H and O–H groups in total. The lowest BCUT2D eigenvalue weighted by Gasteiger charge is -2.31. The van der Waals surface area contributed by atoms with Gasteiger partial charge in [-0.25, -0.2) is 0 Å². The molecule has 0 saturated carbocycles. The molecule has 1 heterocycles. The van der Waals surface area contributed by atoms with Gasteiger partial charge in [-0.2, -0.15) is 0 Å². The lowest BCUT2D eigenvalue weighted by molar-refractivity contribution is 0.0540. The third kappa shape index (κ3) is 4.94. The molecule has 0 radical (unpaired) electrons. The predicted octanol–water partition coefficient (Wildman–Crippen LogP) is 1.98. The molecule has 0 aromatic rings. The van der Waals surface area contributed by atoms with Gasteiger partial charge in [0.2, 0.25) is 0 Å². The SMILES string of the molecule is CCNCC1CCN(C(COCC)C(C)C)C1. The summed E-state index contributed by atoms with van der Waals surface area (Å²) >= 11 is 0. The fraction of sp³-hybridized carbons (Fsp3) is 1.00. The van der Waals surface area contributed by atoms with Crippen molar-refractivity contribution in [2.24, 2.45) is 11.8 Å². The summed E-state index contributed by atoms with van der Waals surface area (Å²) in [4.78, 5) is 2.63. The number of rotatable bonds is 8. The van der Waals surface area contributed by atoms with Crippen LogP contribution in [0.1, 0.15) is 34.1 Å². The van der Waals surface area contributed by atoms with Gasteiger partial charge in [-0.15, -0.1) is 0 Å². The minimum absolute atomic E-state index is 0.599. The van der Waals surface area contributed by atoms with Crippen LogP contribution in [0, 0.1) is 11.8 Å². The van der Waals surface area contributed by atoms with Crippen molar-refractivity contribution in [3.8, 4) is 0 Å². The highest BCUT2D eigenvalue weighted by atomic mass is 16.5. The van der Waals surface area contributed by atoms with E-state index in [2.05, 4.69) is 37.9 Å². The van der Waals surface area contributed by atoms with Gasteiger partial charge in [0.25, 0.3) is 0 Å². The molecule has 1 aliphatic heterocycles. The van der Waals surface area contributed by atoms with Crippen LogP contribution in [0.25, 0.3) is 0 Å². The average molecular weight is 242 g/mol. The van der Waals surface area contributed by atoms with E-state index < -0.39 is 0 Å². The second-order valence-electron chi connectivity index (χ2n) is 5.43. The fourth-order valence-corrected chi connectivity index (χ4v) is 2.64. The van der Waals surface area contributed by atoms with Gasteiger partial charge < -0.3 is 10.1 Å². The molecule has 0 amide bonds. The van der Waals surface area contributed by atoms with Crippen LogP contribution in [0.5, 0.6) is 0 Å². The quantitative estimate of drug-likeness (QED) is 0.704. The summed E-state index contributed by atoms with van der Waals surface area (Å²) in [6.07, 6.45) is 1.34. The standard InChI is InChI=1S/C14H30N2O/c1-5-15-9-13-7-8-16(10-13)14(12(3)4)11-17-6-2/h12-15H,5-11H2,1-4H3. The van der Waals surface area contributed by atoms with Crippen LogP contribution < -0.4 is 5.32 Å². The van der Waals surface area contributed by atoms with Gasteiger partial charge in [-0.3, -0.25) is 4.90 Å². The van der Waals surface area contributed by atoms with Crippen LogP contribution in [0.2, 0.25) is 0 Å². The van der Waals surface area contributed by atoms with Crippen LogP contribution in [0.4, 0.5) is 0 Å². The molecule has 1 fully saturated rings. The zero-order chi connectivity index (χ0) is 12.7. The zero-order valence-corrected chi connectivity index (χ0v) is 12.0. The number of likely N-dealkylation sites (tertiary alicyclic amines) is 1. The summed E-state index contributed by atoms with van der Waals surface area (Å²) in [6, 6.07) is 0.599. The van der Waals surface area contributed by atoms with Gasteiger partial charge in [0.1, 0.15) is 0 Å². The van der Waals surface area contributed by atoms with Crippen molar-refractivity contribution in [3.05, 3.63) is 0 Å². The van der Waals surface area contributed by atoms with Crippen molar-refractivity contribution in [2.45, 2.75) is 40.2 Å². The lowest BCUT2D eigenvalue weighted by atomic mass is 10.0.